The minimum absolute atomic E-state index is 0.251. The van der Waals surface area contributed by atoms with E-state index in [0.717, 1.165) is 38.3 Å². The number of rotatable bonds is 11. The standard InChI is InChI=1S/C16H35N3O/c1-13(2)9-12-19(6)11-8-7-10-16(5,15(17)20)18-14(3)4/h13-14,18H,7-12H2,1-6H3,(H2,17,20). The van der Waals surface area contributed by atoms with Crippen LogP contribution in [0.5, 0.6) is 0 Å². The largest absolute Gasteiger partial charge is 0.368 e. The van der Waals surface area contributed by atoms with Crippen LogP contribution in [0.2, 0.25) is 0 Å². The van der Waals surface area contributed by atoms with E-state index in [1.54, 1.807) is 0 Å². The van der Waals surface area contributed by atoms with E-state index >= 15 is 0 Å². The molecule has 0 aliphatic heterocycles. The highest BCUT2D eigenvalue weighted by Crippen LogP contribution is 2.15. The third-order valence-corrected chi connectivity index (χ3v) is 3.71. The summed E-state index contributed by atoms with van der Waals surface area (Å²) in [5.41, 5.74) is 4.95. The van der Waals surface area contributed by atoms with Gasteiger partial charge in [-0.3, -0.25) is 4.79 Å². The van der Waals surface area contributed by atoms with Crippen LogP contribution in [-0.2, 0) is 4.79 Å². The maximum Gasteiger partial charge on any atom is 0.237 e. The second kappa shape index (κ2) is 9.35. The van der Waals surface area contributed by atoms with Crippen LogP contribution in [0, 0.1) is 5.92 Å². The Kier molecular flexibility index (Phi) is 9.06. The van der Waals surface area contributed by atoms with E-state index in [0.29, 0.717) is 0 Å². The molecule has 0 saturated carbocycles. The second-order valence-electron chi connectivity index (χ2n) is 6.94. The van der Waals surface area contributed by atoms with Crippen molar-refractivity contribution in [3.8, 4) is 0 Å². The number of nitrogens with zero attached hydrogens (tertiary/aromatic N) is 1. The molecule has 0 spiro atoms. The van der Waals surface area contributed by atoms with Crippen LogP contribution in [-0.4, -0.2) is 42.5 Å². The third-order valence-electron chi connectivity index (χ3n) is 3.71. The molecule has 0 saturated heterocycles. The van der Waals surface area contributed by atoms with Gasteiger partial charge in [0.15, 0.2) is 0 Å². The molecule has 0 aliphatic rings. The third kappa shape index (κ3) is 8.54. The Morgan fingerprint density at radius 3 is 2.25 bits per heavy atom. The minimum atomic E-state index is -0.579. The molecule has 0 aromatic heterocycles. The van der Waals surface area contributed by atoms with Crippen molar-refractivity contribution in [3.63, 3.8) is 0 Å². The molecule has 120 valence electrons. The molecule has 1 amide bonds. The van der Waals surface area contributed by atoms with Crippen LogP contribution in [0.3, 0.4) is 0 Å². The molecule has 3 N–H and O–H groups in total. The summed E-state index contributed by atoms with van der Waals surface area (Å²) in [5.74, 6) is 0.505. The lowest BCUT2D eigenvalue weighted by Crippen LogP contribution is -2.55. The first-order valence-electron chi connectivity index (χ1n) is 7.93. The molecular weight excluding hydrogens is 250 g/mol. The van der Waals surface area contributed by atoms with Gasteiger partial charge in [-0.25, -0.2) is 0 Å². The van der Waals surface area contributed by atoms with Crippen molar-refractivity contribution < 1.29 is 4.79 Å². The van der Waals surface area contributed by atoms with Gasteiger partial charge in [0, 0.05) is 6.04 Å². The van der Waals surface area contributed by atoms with E-state index in [2.05, 4.69) is 31.1 Å². The van der Waals surface area contributed by atoms with Crippen LogP contribution in [0.15, 0.2) is 0 Å². The van der Waals surface area contributed by atoms with Crippen molar-refractivity contribution in [2.45, 2.75) is 71.9 Å². The topological polar surface area (TPSA) is 58.4 Å². The molecule has 0 bridgehead atoms. The van der Waals surface area contributed by atoms with Crippen molar-refractivity contribution >= 4 is 5.91 Å². The molecule has 0 fully saturated rings. The fourth-order valence-electron chi connectivity index (χ4n) is 2.35. The highest BCUT2D eigenvalue weighted by molar-refractivity contribution is 5.84. The number of carbonyl (C=O) groups is 1. The highest BCUT2D eigenvalue weighted by Gasteiger charge is 2.30. The van der Waals surface area contributed by atoms with Gasteiger partial charge in [0.2, 0.25) is 5.91 Å². The zero-order valence-corrected chi connectivity index (χ0v) is 14.3. The molecule has 1 unspecified atom stereocenters. The van der Waals surface area contributed by atoms with Crippen molar-refractivity contribution in [2.24, 2.45) is 11.7 Å². The van der Waals surface area contributed by atoms with E-state index in [1.165, 1.54) is 6.42 Å². The molecule has 0 radical (unpaired) electrons. The number of nitrogens with one attached hydrogen (secondary N) is 1. The lowest BCUT2D eigenvalue weighted by atomic mass is 9.93. The van der Waals surface area contributed by atoms with Crippen molar-refractivity contribution in [1.82, 2.24) is 10.2 Å². The number of hydrogen-bond donors (Lipinski definition) is 2. The number of hydrogen-bond acceptors (Lipinski definition) is 3. The van der Waals surface area contributed by atoms with Crippen LogP contribution in [0.4, 0.5) is 0 Å². The van der Waals surface area contributed by atoms with Gasteiger partial charge in [0.25, 0.3) is 0 Å². The molecule has 20 heavy (non-hydrogen) atoms. The maximum atomic E-state index is 11.6. The Morgan fingerprint density at radius 1 is 1.20 bits per heavy atom. The number of amides is 1. The lowest BCUT2D eigenvalue weighted by molar-refractivity contribution is -0.124. The quantitative estimate of drug-likeness (QED) is 0.573. The molecule has 0 rings (SSSR count). The minimum Gasteiger partial charge on any atom is -0.368 e. The van der Waals surface area contributed by atoms with Crippen LogP contribution in [0.1, 0.15) is 60.3 Å². The van der Waals surface area contributed by atoms with Gasteiger partial charge >= 0.3 is 0 Å². The molecule has 0 aromatic carbocycles. The van der Waals surface area contributed by atoms with E-state index in [1.807, 2.05) is 20.8 Å². The summed E-state index contributed by atoms with van der Waals surface area (Å²) in [4.78, 5) is 14.0. The van der Waals surface area contributed by atoms with Gasteiger partial charge < -0.3 is 16.0 Å². The Bertz CT molecular complexity index is 279. The van der Waals surface area contributed by atoms with Crippen LogP contribution in [0.25, 0.3) is 0 Å². The zero-order chi connectivity index (χ0) is 15.8. The highest BCUT2D eigenvalue weighted by atomic mass is 16.1. The van der Waals surface area contributed by atoms with Gasteiger partial charge in [-0.05, 0) is 72.5 Å². The number of unbranched alkanes of at least 4 members (excludes halogenated alkanes) is 1. The predicted octanol–water partition coefficient (Wildman–Crippen LogP) is 2.38. The smallest absolute Gasteiger partial charge is 0.237 e. The molecule has 0 aromatic rings. The normalized spacial score (nSPS) is 15.1. The molecule has 0 aliphatic carbocycles. The van der Waals surface area contributed by atoms with Crippen molar-refractivity contribution in [3.05, 3.63) is 0 Å². The summed E-state index contributed by atoms with van der Waals surface area (Å²) in [6.07, 6.45) is 4.17. The molecule has 4 nitrogen and oxygen atoms in total. The zero-order valence-electron chi connectivity index (χ0n) is 14.3. The summed E-state index contributed by atoms with van der Waals surface area (Å²) >= 11 is 0. The maximum absolute atomic E-state index is 11.6. The first-order chi connectivity index (χ1) is 9.17. The molecule has 4 heteroatoms. The average Bonchev–Trinajstić information content (AvgIpc) is 2.31. The number of primary amides is 1. The average molecular weight is 285 g/mol. The Morgan fingerprint density at radius 2 is 1.80 bits per heavy atom. The van der Waals surface area contributed by atoms with Gasteiger partial charge in [0.05, 0.1) is 5.54 Å². The second-order valence-corrected chi connectivity index (χ2v) is 6.94. The first kappa shape index (κ1) is 19.4. The van der Waals surface area contributed by atoms with Crippen LogP contribution < -0.4 is 11.1 Å². The molecule has 0 heterocycles. The molecular formula is C16H35N3O. The van der Waals surface area contributed by atoms with E-state index in [-0.39, 0.29) is 11.9 Å². The van der Waals surface area contributed by atoms with Gasteiger partial charge in [-0.15, -0.1) is 0 Å². The monoisotopic (exact) mass is 285 g/mol. The summed E-state index contributed by atoms with van der Waals surface area (Å²) in [5, 5.41) is 3.30. The van der Waals surface area contributed by atoms with Crippen LogP contribution >= 0.6 is 0 Å². The molecule has 1 atom stereocenters. The van der Waals surface area contributed by atoms with Crippen molar-refractivity contribution in [1.29, 1.82) is 0 Å². The van der Waals surface area contributed by atoms with E-state index in [9.17, 15) is 4.79 Å². The summed E-state index contributed by atoms with van der Waals surface area (Å²) in [6, 6.07) is 0.265. The fraction of sp³-hybridized carbons (Fsp3) is 0.938. The Labute approximate surface area is 125 Å². The SMILES string of the molecule is CC(C)CCN(C)CCCCC(C)(NC(C)C)C(N)=O. The lowest BCUT2D eigenvalue weighted by Gasteiger charge is -2.30. The van der Waals surface area contributed by atoms with E-state index < -0.39 is 5.54 Å². The summed E-state index contributed by atoms with van der Waals surface area (Å²) < 4.78 is 0. The van der Waals surface area contributed by atoms with Gasteiger partial charge in [0.1, 0.15) is 0 Å². The van der Waals surface area contributed by atoms with Gasteiger partial charge in [-0.2, -0.15) is 0 Å². The number of carbonyl (C=O) groups excluding carboxylic acids is 1. The van der Waals surface area contributed by atoms with Gasteiger partial charge in [-0.1, -0.05) is 13.8 Å². The Hall–Kier alpha value is -0.610. The number of nitrogens with two attached hydrogens (primary N) is 1. The Balaban J connectivity index is 3.98. The summed E-state index contributed by atoms with van der Waals surface area (Å²) in [6.45, 7) is 12.7. The fourth-order valence-corrected chi connectivity index (χ4v) is 2.35. The summed E-state index contributed by atoms with van der Waals surface area (Å²) in [7, 11) is 2.17. The first-order valence-corrected chi connectivity index (χ1v) is 7.93. The predicted molar refractivity (Wildman–Crippen MR) is 86.7 cm³/mol. The van der Waals surface area contributed by atoms with Crippen molar-refractivity contribution in [2.75, 3.05) is 20.1 Å². The van der Waals surface area contributed by atoms with E-state index in [4.69, 9.17) is 5.73 Å².